The van der Waals surface area contributed by atoms with Crippen molar-refractivity contribution in [2.75, 3.05) is 0 Å². The Balaban J connectivity index is 2.90. The number of hydrogen-bond donors (Lipinski definition) is 3. The van der Waals surface area contributed by atoms with Crippen LogP contribution >= 0.6 is 0 Å². The van der Waals surface area contributed by atoms with Gasteiger partial charge in [0, 0.05) is 12.4 Å². The van der Waals surface area contributed by atoms with Gasteiger partial charge in [0.2, 0.25) is 0 Å². The summed E-state index contributed by atoms with van der Waals surface area (Å²) in [5.74, 6) is 5.57. The van der Waals surface area contributed by atoms with E-state index in [1.54, 1.807) is 12.4 Å². The van der Waals surface area contributed by atoms with Crippen LogP contribution in [0.5, 0.6) is 0 Å². The molecule has 0 aliphatic rings. The zero-order valence-electron chi connectivity index (χ0n) is 4.70. The number of H-pyrrole nitrogens is 1. The lowest BCUT2D eigenvalue weighted by Gasteiger charge is -1.88. The Labute approximate surface area is 51.8 Å². The van der Waals surface area contributed by atoms with Crippen LogP contribution in [0.25, 0.3) is 0 Å². The Kier molecular flexibility index (Phi) is 1.35. The summed E-state index contributed by atoms with van der Waals surface area (Å²) in [7, 11) is 0. The molecule has 1 aromatic rings. The highest BCUT2D eigenvalue weighted by Crippen LogP contribution is 1.84. The third-order valence-corrected chi connectivity index (χ3v) is 0.880. The van der Waals surface area contributed by atoms with E-state index < -0.39 is 0 Å². The number of aromatic nitrogens is 2. The number of imidazole rings is 1. The average molecular weight is 125 g/mol. The molecule has 1 rings (SSSR count). The van der Waals surface area contributed by atoms with Gasteiger partial charge in [0.05, 0.1) is 0 Å². The molecule has 0 bridgehead atoms. The number of rotatable bonds is 1. The lowest BCUT2D eigenvalue weighted by Crippen LogP contribution is -2.16. The van der Waals surface area contributed by atoms with Crippen molar-refractivity contribution < 1.29 is 0 Å². The number of nitrogens with zero attached hydrogens (tertiary/aromatic N) is 2. The van der Waals surface area contributed by atoms with Gasteiger partial charge in [0.25, 0.3) is 0 Å². The van der Waals surface area contributed by atoms with E-state index in [4.69, 9.17) is 11.6 Å². The van der Waals surface area contributed by atoms with Crippen LogP contribution in [0, 0.1) is 0 Å². The number of nitrogens with one attached hydrogen (secondary N) is 1. The molecule has 0 saturated heterocycles. The molecule has 0 unspecified atom stereocenters. The standard InChI is InChI=1S/C4H7N5/c5-3(9-6)4-7-1-2-8-4/h1-2H,6H2,(H2,5,9)(H,7,8). The molecule has 0 amide bonds. The largest absolute Gasteiger partial charge is 0.379 e. The summed E-state index contributed by atoms with van der Waals surface area (Å²) >= 11 is 0. The predicted molar refractivity (Wildman–Crippen MR) is 33.5 cm³/mol. The normalized spacial score (nSPS) is 11.8. The van der Waals surface area contributed by atoms with Gasteiger partial charge in [-0.15, -0.1) is 0 Å². The van der Waals surface area contributed by atoms with E-state index in [9.17, 15) is 0 Å². The minimum Gasteiger partial charge on any atom is -0.379 e. The molecule has 0 atom stereocenters. The van der Waals surface area contributed by atoms with Crippen molar-refractivity contribution in [1.82, 2.24) is 9.97 Å². The minimum atomic E-state index is 0.208. The van der Waals surface area contributed by atoms with Crippen molar-refractivity contribution in [3.63, 3.8) is 0 Å². The van der Waals surface area contributed by atoms with E-state index in [-0.39, 0.29) is 5.84 Å². The summed E-state index contributed by atoms with van der Waals surface area (Å²) in [5, 5.41) is 3.23. The van der Waals surface area contributed by atoms with E-state index in [1.807, 2.05) is 0 Å². The zero-order valence-corrected chi connectivity index (χ0v) is 4.70. The molecule has 0 radical (unpaired) electrons. The lowest BCUT2D eigenvalue weighted by molar-refractivity contribution is 1.17. The predicted octanol–water partition coefficient (Wildman–Crippen LogP) is -1.01. The fourth-order valence-corrected chi connectivity index (χ4v) is 0.466. The van der Waals surface area contributed by atoms with E-state index in [0.29, 0.717) is 5.82 Å². The molecule has 0 aliphatic heterocycles. The number of amidine groups is 1. The lowest BCUT2D eigenvalue weighted by atomic mass is 10.6. The molecule has 48 valence electrons. The van der Waals surface area contributed by atoms with E-state index >= 15 is 0 Å². The Morgan fingerprint density at radius 2 is 2.56 bits per heavy atom. The van der Waals surface area contributed by atoms with Gasteiger partial charge in [-0.3, -0.25) is 0 Å². The molecule has 0 aromatic carbocycles. The fourth-order valence-electron chi connectivity index (χ4n) is 0.466. The quantitative estimate of drug-likeness (QED) is 0.194. The molecule has 1 aromatic heterocycles. The van der Waals surface area contributed by atoms with Gasteiger partial charge in [0.1, 0.15) is 0 Å². The molecule has 0 aliphatic carbocycles. The van der Waals surface area contributed by atoms with Crippen molar-refractivity contribution in [3.8, 4) is 0 Å². The van der Waals surface area contributed by atoms with Crippen molar-refractivity contribution in [2.45, 2.75) is 0 Å². The number of hydrogen-bond acceptors (Lipinski definition) is 3. The van der Waals surface area contributed by atoms with Crippen LogP contribution < -0.4 is 11.6 Å². The Hall–Kier alpha value is -1.52. The summed E-state index contributed by atoms with van der Waals surface area (Å²) in [4.78, 5) is 6.54. The van der Waals surface area contributed by atoms with Gasteiger partial charge in [-0.05, 0) is 0 Å². The van der Waals surface area contributed by atoms with Crippen molar-refractivity contribution >= 4 is 5.84 Å². The van der Waals surface area contributed by atoms with Gasteiger partial charge >= 0.3 is 0 Å². The third-order valence-electron chi connectivity index (χ3n) is 0.880. The minimum absolute atomic E-state index is 0.208. The summed E-state index contributed by atoms with van der Waals surface area (Å²) in [6.45, 7) is 0. The van der Waals surface area contributed by atoms with E-state index in [0.717, 1.165) is 0 Å². The van der Waals surface area contributed by atoms with E-state index in [2.05, 4.69) is 15.1 Å². The Morgan fingerprint density at radius 3 is 3.00 bits per heavy atom. The molecular formula is C4H7N5. The maximum absolute atomic E-state index is 5.27. The highest BCUT2D eigenvalue weighted by molar-refractivity contribution is 5.93. The maximum Gasteiger partial charge on any atom is 0.186 e. The second-order valence-electron chi connectivity index (χ2n) is 1.45. The van der Waals surface area contributed by atoms with Crippen LogP contribution in [0.4, 0.5) is 0 Å². The molecule has 0 spiro atoms. The Morgan fingerprint density at radius 1 is 1.78 bits per heavy atom. The highest BCUT2D eigenvalue weighted by atomic mass is 15.2. The monoisotopic (exact) mass is 125 g/mol. The summed E-state index contributed by atoms with van der Waals surface area (Å²) < 4.78 is 0. The maximum atomic E-state index is 5.27. The average Bonchev–Trinajstić information content (AvgIpc) is 2.37. The van der Waals surface area contributed by atoms with Gasteiger partial charge in [-0.1, -0.05) is 0 Å². The van der Waals surface area contributed by atoms with Crippen LogP contribution in [-0.2, 0) is 0 Å². The molecule has 0 saturated carbocycles. The number of aromatic amines is 1. The Bertz CT molecular complexity index is 199. The molecule has 5 nitrogen and oxygen atoms in total. The van der Waals surface area contributed by atoms with Crippen LogP contribution in [0.15, 0.2) is 17.5 Å². The number of hydrazone groups is 1. The highest BCUT2D eigenvalue weighted by Gasteiger charge is 1.96. The molecule has 0 fully saturated rings. The molecule has 5 heteroatoms. The first-order valence-electron chi connectivity index (χ1n) is 2.37. The summed E-state index contributed by atoms with van der Waals surface area (Å²) in [5.41, 5.74) is 5.27. The van der Waals surface area contributed by atoms with Crippen molar-refractivity contribution in [3.05, 3.63) is 18.2 Å². The zero-order chi connectivity index (χ0) is 6.69. The topological polar surface area (TPSA) is 93.1 Å². The van der Waals surface area contributed by atoms with Gasteiger partial charge < -0.3 is 16.6 Å². The first-order valence-corrected chi connectivity index (χ1v) is 2.37. The van der Waals surface area contributed by atoms with Crippen molar-refractivity contribution in [2.24, 2.45) is 16.7 Å². The van der Waals surface area contributed by atoms with Gasteiger partial charge in [-0.25, -0.2) is 4.98 Å². The molecule has 9 heavy (non-hydrogen) atoms. The van der Waals surface area contributed by atoms with E-state index in [1.165, 1.54) is 0 Å². The second kappa shape index (κ2) is 2.17. The summed E-state index contributed by atoms with van der Waals surface area (Å²) in [6.07, 6.45) is 3.22. The van der Waals surface area contributed by atoms with Crippen LogP contribution in [0.3, 0.4) is 0 Å². The molecule has 1 heterocycles. The smallest absolute Gasteiger partial charge is 0.186 e. The first kappa shape index (κ1) is 5.61. The first-order chi connectivity index (χ1) is 4.34. The third kappa shape index (κ3) is 0.987. The molecule has 5 N–H and O–H groups in total. The second-order valence-corrected chi connectivity index (χ2v) is 1.45. The summed E-state index contributed by atoms with van der Waals surface area (Å²) in [6, 6.07) is 0. The van der Waals surface area contributed by atoms with Crippen LogP contribution in [0.2, 0.25) is 0 Å². The van der Waals surface area contributed by atoms with Crippen LogP contribution in [0.1, 0.15) is 5.82 Å². The van der Waals surface area contributed by atoms with Gasteiger partial charge in [0.15, 0.2) is 11.7 Å². The SMILES string of the molecule is NN=C(N)c1ncc[nH]1. The van der Waals surface area contributed by atoms with Crippen LogP contribution in [-0.4, -0.2) is 15.8 Å². The van der Waals surface area contributed by atoms with Gasteiger partial charge in [-0.2, -0.15) is 5.10 Å². The fraction of sp³-hybridized carbons (Fsp3) is 0. The molecular weight excluding hydrogens is 118 g/mol. The van der Waals surface area contributed by atoms with Crippen molar-refractivity contribution in [1.29, 1.82) is 0 Å². The number of nitrogens with two attached hydrogens (primary N) is 2.